The van der Waals surface area contributed by atoms with E-state index < -0.39 is 11.3 Å². The van der Waals surface area contributed by atoms with Crippen molar-refractivity contribution in [2.24, 2.45) is 5.73 Å². The molecule has 0 bridgehead atoms. The third-order valence-corrected chi connectivity index (χ3v) is 2.12. The van der Waals surface area contributed by atoms with Crippen LogP contribution in [0.2, 0.25) is 0 Å². The third-order valence-electron chi connectivity index (χ3n) is 1.73. The van der Waals surface area contributed by atoms with Gasteiger partial charge < -0.3 is 15.0 Å². The molecule has 0 spiro atoms. The Balaban J connectivity index is 3.01. The normalized spacial score (nSPS) is 12.1. The zero-order valence-electron chi connectivity index (χ0n) is 7.53. The van der Waals surface area contributed by atoms with Crippen LogP contribution in [-0.2, 0) is 11.3 Å². The number of hydrogen-bond donors (Lipinski definition) is 3. The Morgan fingerprint density at radius 2 is 2.29 bits per heavy atom. The summed E-state index contributed by atoms with van der Waals surface area (Å²) in [4.78, 5) is 0. The predicted octanol–water partition coefficient (Wildman–Crippen LogP) is 0.485. The van der Waals surface area contributed by atoms with Crippen molar-refractivity contribution in [2.75, 3.05) is 4.72 Å². The van der Waals surface area contributed by atoms with Gasteiger partial charge in [0.25, 0.3) is 0 Å². The van der Waals surface area contributed by atoms with Crippen molar-refractivity contribution in [2.45, 2.75) is 6.92 Å². The summed E-state index contributed by atoms with van der Waals surface area (Å²) in [5, 5.41) is 7.18. The van der Waals surface area contributed by atoms with Gasteiger partial charge in [-0.2, -0.15) is 0 Å². The van der Waals surface area contributed by atoms with Crippen LogP contribution in [0.25, 0.3) is 0 Å². The van der Waals surface area contributed by atoms with Crippen LogP contribution in [0.15, 0.2) is 18.2 Å². The number of nitrogen functional groups attached to an aromatic ring is 1. The van der Waals surface area contributed by atoms with Crippen LogP contribution in [0.5, 0.6) is 0 Å². The molecule has 76 valence electrons. The summed E-state index contributed by atoms with van der Waals surface area (Å²) in [5.74, 6) is -0.0390. The third kappa shape index (κ3) is 2.54. The summed E-state index contributed by atoms with van der Waals surface area (Å²) in [7, 11) is 0. The summed E-state index contributed by atoms with van der Waals surface area (Å²) >= 11 is -2.33. The molecule has 1 atom stereocenters. The highest BCUT2D eigenvalue weighted by Crippen LogP contribution is 2.16. The van der Waals surface area contributed by atoms with Gasteiger partial charge in [0.15, 0.2) is 0 Å². The number of hydrogen-bond acceptors (Lipinski definition) is 3. The molecule has 1 unspecified atom stereocenters. The Labute approximate surface area is 84.2 Å². The maximum Gasteiger partial charge on any atom is 0.122 e. The quantitative estimate of drug-likeness (QED) is 0.386. The summed E-state index contributed by atoms with van der Waals surface area (Å²) in [5.41, 5.74) is 7.06. The molecule has 0 saturated heterocycles. The van der Waals surface area contributed by atoms with Crippen molar-refractivity contribution >= 4 is 22.8 Å². The van der Waals surface area contributed by atoms with Gasteiger partial charge in [-0.3, -0.25) is 9.62 Å². The molecule has 14 heavy (non-hydrogen) atoms. The number of benzene rings is 1. The molecule has 4 N–H and O–H groups in total. The number of nitrogens with one attached hydrogen (secondary N) is 2. The van der Waals surface area contributed by atoms with E-state index in [1.807, 2.05) is 0 Å². The molecule has 0 amide bonds. The number of rotatable bonds is 3. The number of aryl methyl sites for hydroxylation is 1. The summed E-state index contributed by atoms with van der Waals surface area (Å²) < 4.78 is 23.0. The Morgan fingerprint density at radius 1 is 1.64 bits per heavy atom. The molecule has 0 aliphatic heterocycles. The minimum Gasteiger partial charge on any atom is -0.755 e. The van der Waals surface area contributed by atoms with Gasteiger partial charge in [0.05, 0.1) is 0 Å². The van der Waals surface area contributed by atoms with E-state index >= 15 is 0 Å². The van der Waals surface area contributed by atoms with Gasteiger partial charge >= 0.3 is 0 Å². The minimum atomic E-state index is -2.33. The van der Waals surface area contributed by atoms with Gasteiger partial charge in [0.1, 0.15) is 5.84 Å². The number of nitrogens with two attached hydrogens (primary N) is 1. The molecule has 6 heteroatoms. The molecule has 0 aromatic heterocycles. The van der Waals surface area contributed by atoms with E-state index in [9.17, 15) is 8.76 Å². The van der Waals surface area contributed by atoms with E-state index in [1.54, 1.807) is 25.1 Å². The Hall–Kier alpha value is -1.40. The number of anilines is 1. The Bertz CT molecular complexity index is 392. The first-order chi connectivity index (χ1) is 6.50. The van der Waals surface area contributed by atoms with Crippen molar-refractivity contribution in [3.63, 3.8) is 0 Å². The van der Waals surface area contributed by atoms with Crippen LogP contribution in [0.4, 0.5) is 5.69 Å². The molecule has 0 aliphatic carbocycles. The molecular formula is C8H10N3O2S-. The monoisotopic (exact) mass is 212 g/mol. The van der Waals surface area contributed by atoms with Crippen LogP contribution >= 0.6 is 0 Å². The van der Waals surface area contributed by atoms with Gasteiger partial charge in [-0.1, -0.05) is 0 Å². The van der Waals surface area contributed by atoms with Gasteiger partial charge in [-0.15, -0.1) is 0 Å². The van der Waals surface area contributed by atoms with Crippen LogP contribution < -0.4 is 10.5 Å². The lowest BCUT2D eigenvalue weighted by molar-refractivity contribution is 0.542. The zero-order valence-corrected chi connectivity index (χ0v) is 8.35. The largest absolute Gasteiger partial charge is 0.755 e. The molecule has 0 aliphatic rings. The second-order valence-corrected chi connectivity index (χ2v) is 3.45. The highest BCUT2D eigenvalue weighted by atomic mass is 32.2. The Morgan fingerprint density at radius 3 is 2.71 bits per heavy atom. The first-order valence-corrected chi connectivity index (χ1v) is 4.89. The summed E-state index contributed by atoms with van der Waals surface area (Å²) in [6.07, 6.45) is 0. The topological polar surface area (TPSA) is 102 Å². The Kier molecular flexibility index (Phi) is 3.21. The van der Waals surface area contributed by atoms with Crippen LogP contribution in [0.3, 0.4) is 0 Å². The van der Waals surface area contributed by atoms with Crippen LogP contribution in [0.1, 0.15) is 11.1 Å². The van der Waals surface area contributed by atoms with Gasteiger partial charge in [-0.05, 0) is 30.7 Å². The van der Waals surface area contributed by atoms with Crippen LogP contribution in [-0.4, -0.2) is 14.6 Å². The maximum atomic E-state index is 10.4. The lowest BCUT2D eigenvalue weighted by Gasteiger charge is -2.12. The minimum absolute atomic E-state index is 0.0390. The molecule has 0 heterocycles. The molecule has 5 nitrogen and oxygen atoms in total. The van der Waals surface area contributed by atoms with E-state index in [4.69, 9.17) is 11.1 Å². The molecular weight excluding hydrogens is 202 g/mol. The second-order valence-electron chi connectivity index (χ2n) is 2.78. The lowest BCUT2D eigenvalue weighted by Crippen LogP contribution is -2.12. The molecule has 0 saturated carbocycles. The van der Waals surface area contributed by atoms with Crippen molar-refractivity contribution in [1.82, 2.24) is 0 Å². The highest BCUT2D eigenvalue weighted by Gasteiger charge is 2.01. The van der Waals surface area contributed by atoms with Gasteiger partial charge in [0, 0.05) is 22.5 Å². The first kappa shape index (κ1) is 10.7. The average Bonchev–Trinajstić information content (AvgIpc) is 2.07. The second kappa shape index (κ2) is 4.21. The molecule has 0 fully saturated rings. The van der Waals surface area contributed by atoms with Crippen molar-refractivity contribution < 1.29 is 8.76 Å². The standard InChI is InChI=1S/C8H11N3O2S/c1-5-4-6(8(9)10)2-3-7(5)11-14(12)13/h2-4,11H,1H3,(H3,9,10)(H,12,13)/p-1. The van der Waals surface area contributed by atoms with Crippen molar-refractivity contribution in [3.8, 4) is 0 Å². The van der Waals surface area contributed by atoms with E-state index in [2.05, 4.69) is 4.72 Å². The van der Waals surface area contributed by atoms with Gasteiger partial charge in [0.2, 0.25) is 0 Å². The molecule has 0 radical (unpaired) electrons. The van der Waals surface area contributed by atoms with Crippen LogP contribution in [0, 0.1) is 12.3 Å². The molecule has 1 rings (SSSR count). The fraction of sp³-hybridized carbons (Fsp3) is 0.125. The highest BCUT2D eigenvalue weighted by molar-refractivity contribution is 7.80. The van der Waals surface area contributed by atoms with Gasteiger partial charge in [-0.25, -0.2) is 0 Å². The predicted molar refractivity (Wildman–Crippen MR) is 54.7 cm³/mol. The lowest BCUT2D eigenvalue weighted by atomic mass is 10.1. The summed E-state index contributed by atoms with van der Waals surface area (Å²) in [6, 6.07) is 4.81. The summed E-state index contributed by atoms with van der Waals surface area (Å²) in [6.45, 7) is 1.74. The first-order valence-electron chi connectivity index (χ1n) is 3.81. The fourth-order valence-corrected chi connectivity index (χ4v) is 1.44. The molecule has 1 aromatic rings. The van der Waals surface area contributed by atoms with E-state index in [0.717, 1.165) is 5.56 Å². The van der Waals surface area contributed by atoms with E-state index in [1.165, 1.54) is 0 Å². The smallest absolute Gasteiger partial charge is 0.122 e. The number of amidine groups is 1. The van der Waals surface area contributed by atoms with Crippen molar-refractivity contribution in [1.29, 1.82) is 5.41 Å². The molecule has 1 aromatic carbocycles. The van der Waals surface area contributed by atoms with Crippen molar-refractivity contribution in [3.05, 3.63) is 29.3 Å². The maximum absolute atomic E-state index is 10.4. The SMILES string of the molecule is Cc1cc(C(=N)N)ccc1NS(=O)[O-]. The van der Waals surface area contributed by atoms with E-state index in [0.29, 0.717) is 11.3 Å². The average molecular weight is 212 g/mol. The zero-order chi connectivity index (χ0) is 10.7. The van der Waals surface area contributed by atoms with E-state index in [-0.39, 0.29) is 5.84 Å². The fourth-order valence-electron chi connectivity index (χ4n) is 1.04.